The van der Waals surface area contributed by atoms with Crippen LogP contribution in [-0.4, -0.2) is 76.8 Å². The van der Waals surface area contributed by atoms with Crippen LogP contribution in [0.5, 0.6) is 5.75 Å². The second-order valence-electron chi connectivity index (χ2n) is 12.5. The number of carbonyl (C=O) groups is 1. The molecule has 0 unspecified atom stereocenters. The number of benzene rings is 2. The van der Waals surface area contributed by atoms with Crippen molar-refractivity contribution >= 4 is 37.4 Å². The van der Waals surface area contributed by atoms with Gasteiger partial charge in [0.25, 0.3) is 0 Å². The molecule has 3 aliphatic rings. The molecule has 0 N–H and O–H groups in total. The topological polar surface area (TPSA) is 116 Å². The number of likely N-dealkylation sites (tertiary alicyclic amines) is 1. The summed E-state index contributed by atoms with van der Waals surface area (Å²) in [6.45, 7) is 5.07. The molecule has 1 amide bonds. The molecule has 3 heterocycles. The molecule has 0 radical (unpaired) electrons. The molecule has 4 atom stereocenters. The van der Waals surface area contributed by atoms with Crippen LogP contribution in [0, 0.1) is 17.6 Å². The Hall–Kier alpha value is -2.48. The lowest BCUT2D eigenvalue weighted by Crippen LogP contribution is -2.58. The molecule has 14 heteroatoms. The molecule has 9 nitrogen and oxygen atoms in total. The van der Waals surface area contributed by atoms with Crippen molar-refractivity contribution in [2.75, 3.05) is 32.1 Å². The fraction of sp³-hybridized carbons (Fsp3) is 0.567. The molecule has 0 aromatic heterocycles. The number of fused-ring (bicyclic) bond motifs is 3. The predicted octanol–water partition coefficient (Wildman–Crippen LogP) is 5.29. The van der Waals surface area contributed by atoms with E-state index in [0.717, 1.165) is 12.1 Å². The van der Waals surface area contributed by atoms with Crippen LogP contribution < -0.4 is 4.74 Å². The average molecular weight is 676 g/mol. The maximum atomic E-state index is 15.6. The minimum atomic E-state index is -4.43. The smallest absolute Gasteiger partial charge is 0.410 e. The van der Waals surface area contributed by atoms with Crippen LogP contribution >= 0.6 is 11.6 Å². The van der Waals surface area contributed by atoms with Gasteiger partial charge in [-0.15, -0.1) is 0 Å². The quantitative estimate of drug-likeness (QED) is 0.406. The molecule has 44 heavy (non-hydrogen) atoms. The second-order valence-corrected chi connectivity index (χ2v) is 17.5. The van der Waals surface area contributed by atoms with E-state index in [1.54, 1.807) is 20.8 Å². The van der Waals surface area contributed by atoms with Crippen LogP contribution in [-0.2, 0) is 33.9 Å². The number of halogens is 3. The first-order chi connectivity index (χ1) is 20.6. The van der Waals surface area contributed by atoms with E-state index in [4.69, 9.17) is 25.8 Å². The molecule has 5 rings (SSSR count). The number of ether oxygens (including phenoxy) is 3. The highest BCUT2D eigenvalue weighted by molar-refractivity contribution is 7.92. The van der Waals surface area contributed by atoms with E-state index in [1.165, 1.54) is 29.2 Å². The molecule has 2 fully saturated rings. The largest absolute Gasteiger partial charge is 0.490 e. The first kappa shape index (κ1) is 32.9. The Bertz CT molecular complexity index is 1630. The molecule has 0 aliphatic carbocycles. The van der Waals surface area contributed by atoms with Gasteiger partial charge in [0.15, 0.2) is 31.2 Å². The monoisotopic (exact) mass is 675 g/mol. The highest BCUT2D eigenvalue weighted by Crippen LogP contribution is 2.56. The van der Waals surface area contributed by atoms with Gasteiger partial charge in [0, 0.05) is 30.6 Å². The minimum Gasteiger partial charge on any atom is -0.490 e. The van der Waals surface area contributed by atoms with Crippen LogP contribution in [0.15, 0.2) is 41.3 Å². The average Bonchev–Trinajstić information content (AvgIpc) is 2.97. The van der Waals surface area contributed by atoms with E-state index in [9.17, 15) is 26.0 Å². The van der Waals surface area contributed by atoms with Crippen molar-refractivity contribution in [3.05, 3.63) is 58.6 Å². The standard InChI is InChI=1S/C30H36ClF2NO8S2/c1-29(2,3)42-28(35)34-14-4-5-21(17-34)43(36,37)16-12-25-22-18-41-27-24(33)11-10-23(32)26(27)30(22,13-15-40-25)44(38,39)20-8-6-19(31)7-9-20/h6-11,21-22,25H,4-5,12-18H2,1-3H3/t21-,22-,25-,30-/m0/s1. The van der Waals surface area contributed by atoms with Gasteiger partial charge in [-0.3, -0.25) is 0 Å². The molecular weight excluding hydrogens is 640 g/mol. The van der Waals surface area contributed by atoms with Crippen molar-refractivity contribution in [3.8, 4) is 5.75 Å². The van der Waals surface area contributed by atoms with Crippen molar-refractivity contribution in [2.45, 2.75) is 73.1 Å². The highest BCUT2D eigenvalue weighted by Gasteiger charge is 2.61. The van der Waals surface area contributed by atoms with Crippen LogP contribution in [0.2, 0.25) is 5.02 Å². The summed E-state index contributed by atoms with van der Waals surface area (Å²) in [7, 11) is -8.21. The number of carbonyl (C=O) groups excluding carboxylic acids is 1. The summed E-state index contributed by atoms with van der Waals surface area (Å²) >= 11 is 6.01. The highest BCUT2D eigenvalue weighted by atomic mass is 35.5. The normalized spacial score (nSPS) is 25.9. The van der Waals surface area contributed by atoms with E-state index >= 15 is 4.39 Å². The molecule has 2 aromatic rings. The van der Waals surface area contributed by atoms with Gasteiger partial charge in [0.2, 0.25) is 0 Å². The SMILES string of the molecule is CC(C)(C)OC(=O)N1CCC[C@H](S(=O)(=O)CC[C@@H]2OCC[C@@]3(S(=O)(=O)c4ccc(Cl)cc4)c4c(F)ccc(F)c4OC[C@@H]23)C1. The number of sulfone groups is 2. The molecule has 2 aromatic carbocycles. The molecule has 3 aliphatic heterocycles. The Balaban J connectivity index is 1.45. The van der Waals surface area contributed by atoms with Crippen molar-refractivity contribution in [2.24, 2.45) is 5.92 Å². The van der Waals surface area contributed by atoms with E-state index in [0.29, 0.717) is 24.4 Å². The Labute approximate surface area is 261 Å². The van der Waals surface area contributed by atoms with Crippen molar-refractivity contribution < 1.29 is 44.6 Å². The van der Waals surface area contributed by atoms with Crippen molar-refractivity contribution in [1.29, 1.82) is 0 Å². The van der Waals surface area contributed by atoms with Crippen LogP contribution in [0.3, 0.4) is 0 Å². The third-order valence-corrected chi connectivity index (χ3v) is 13.6. The van der Waals surface area contributed by atoms with Crippen molar-refractivity contribution in [3.63, 3.8) is 0 Å². The molecule has 0 spiro atoms. The van der Waals surface area contributed by atoms with Crippen LogP contribution in [0.25, 0.3) is 0 Å². The lowest BCUT2D eigenvalue weighted by atomic mass is 9.75. The summed E-state index contributed by atoms with van der Waals surface area (Å²) in [5.74, 6) is -3.74. The molecule has 2 saturated heterocycles. The lowest BCUT2D eigenvalue weighted by molar-refractivity contribution is -0.0732. The van der Waals surface area contributed by atoms with Gasteiger partial charge < -0.3 is 19.1 Å². The molecule has 0 saturated carbocycles. The first-order valence-electron chi connectivity index (χ1n) is 14.5. The first-order valence-corrected chi connectivity index (χ1v) is 18.1. The number of hydrogen-bond acceptors (Lipinski definition) is 8. The van der Waals surface area contributed by atoms with E-state index in [2.05, 4.69) is 0 Å². The summed E-state index contributed by atoms with van der Waals surface area (Å²) in [6, 6.07) is 7.17. The molecule has 242 valence electrons. The Morgan fingerprint density at radius 3 is 2.45 bits per heavy atom. The zero-order valence-electron chi connectivity index (χ0n) is 24.7. The number of nitrogens with zero attached hydrogens (tertiary/aromatic N) is 1. The summed E-state index contributed by atoms with van der Waals surface area (Å²) < 4.78 is 102. The third kappa shape index (κ3) is 6.04. The molecular formula is C30H36ClF2NO8S2. The summed E-state index contributed by atoms with van der Waals surface area (Å²) in [5, 5.41) is -0.546. The van der Waals surface area contributed by atoms with Gasteiger partial charge in [-0.2, -0.15) is 0 Å². The molecule has 0 bridgehead atoms. The Morgan fingerprint density at radius 1 is 1.09 bits per heavy atom. The number of piperidine rings is 1. The number of rotatable bonds is 6. The number of hydrogen-bond donors (Lipinski definition) is 0. The van der Waals surface area contributed by atoms with E-state index < -0.39 is 76.3 Å². The van der Waals surface area contributed by atoms with E-state index in [1.807, 2.05) is 0 Å². The van der Waals surface area contributed by atoms with Gasteiger partial charge in [0.1, 0.15) is 16.2 Å². The lowest BCUT2D eigenvalue weighted by Gasteiger charge is -2.50. The van der Waals surface area contributed by atoms with Gasteiger partial charge >= 0.3 is 6.09 Å². The maximum Gasteiger partial charge on any atom is 0.410 e. The van der Waals surface area contributed by atoms with Crippen LogP contribution in [0.4, 0.5) is 13.6 Å². The fourth-order valence-corrected chi connectivity index (χ4v) is 10.8. The Morgan fingerprint density at radius 2 is 1.77 bits per heavy atom. The van der Waals surface area contributed by atoms with Gasteiger partial charge in [-0.1, -0.05) is 11.6 Å². The zero-order valence-corrected chi connectivity index (χ0v) is 27.1. The summed E-state index contributed by atoms with van der Waals surface area (Å²) in [4.78, 5) is 13.9. The van der Waals surface area contributed by atoms with Crippen LogP contribution in [0.1, 0.15) is 52.0 Å². The number of amides is 1. The maximum absolute atomic E-state index is 15.6. The third-order valence-electron chi connectivity index (χ3n) is 8.57. The zero-order chi connectivity index (χ0) is 32.1. The van der Waals surface area contributed by atoms with Gasteiger partial charge in [0.05, 0.1) is 34.2 Å². The Kier molecular flexibility index (Phi) is 9.00. The van der Waals surface area contributed by atoms with Gasteiger partial charge in [-0.25, -0.2) is 30.4 Å². The fourth-order valence-electron chi connectivity index (χ4n) is 6.51. The van der Waals surface area contributed by atoms with Gasteiger partial charge in [-0.05, 0) is 82.9 Å². The summed E-state index contributed by atoms with van der Waals surface area (Å²) in [6.07, 6.45) is -1.03. The minimum absolute atomic E-state index is 0.0257. The van der Waals surface area contributed by atoms with E-state index in [-0.39, 0.29) is 43.2 Å². The second kappa shape index (κ2) is 12.0. The summed E-state index contributed by atoms with van der Waals surface area (Å²) in [5.41, 5.74) is -1.15. The van der Waals surface area contributed by atoms with Crippen molar-refractivity contribution in [1.82, 2.24) is 4.90 Å². The predicted molar refractivity (Wildman–Crippen MR) is 159 cm³/mol.